The number of ether oxygens (including phenoxy) is 1. The van der Waals surface area contributed by atoms with Crippen molar-refractivity contribution in [2.24, 2.45) is 11.8 Å². The smallest absolute Gasteiger partial charge is 0.310 e. The van der Waals surface area contributed by atoms with E-state index in [2.05, 4.69) is 0 Å². The minimum atomic E-state index is -3.56. The summed E-state index contributed by atoms with van der Waals surface area (Å²) in [7, 11) is -3.56. The molecule has 8 heteroatoms. The van der Waals surface area contributed by atoms with Gasteiger partial charge in [-0.15, -0.1) is 0 Å². The van der Waals surface area contributed by atoms with Crippen LogP contribution in [0.4, 0.5) is 0 Å². The molecule has 0 aromatic heterocycles. The zero-order chi connectivity index (χ0) is 21.9. The monoisotopic (exact) mass is 436 g/mol. The highest BCUT2D eigenvalue weighted by Crippen LogP contribution is 2.28. The minimum absolute atomic E-state index is 0.0348. The Bertz CT molecular complexity index is 891. The van der Waals surface area contributed by atoms with E-state index in [1.54, 1.807) is 17.9 Å². The molecule has 2 heterocycles. The summed E-state index contributed by atoms with van der Waals surface area (Å²) in [6, 6.07) is 5.35. The van der Waals surface area contributed by atoms with E-state index in [4.69, 9.17) is 4.74 Å². The Morgan fingerprint density at radius 3 is 2.40 bits per heavy atom. The van der Waals surface area contributed by atoms with Crippen LogP contribution in [0.3, 0.4) is 0 Å². The Kier molecular flexibility index (Phi) is 7.18. The van der Waals surface area contributed by atoms with Gasteiger partial charge >= 0.3 is 5.97 Å². The Morgan fingerprint density at radius 1 is 1.07 bits per heavy atom. The Hall–Kier alpha value is -1.93. The van der Waals surface area contributed by atoms with Crippen molar-refractivity contribution in [3.8, 4) is 0 Å². The molecule has 0 bridgehead atoms. The quantitative estimate of drug-likeness (QED) is 0.662. The van der Waals surface area contributed by atoms with Crippen LogP contribution < -0.4 is 0 Å². The fourth-order valence-corrected chi connectivity index (χ4v) is 6.13. The van der Waals surface area contributed by atoms with Crippen molar-refractivity contribution in [3.63, 3.8) is 0 Å². The van der Waals surface area contributed by atoms with Gasteiger partial charge in [0.1, 0.15) is 0 Å². The number of hydrogen-bond acceptors (Lipinski definition) is 5. The average Bonchev–Trinajstić information content (AvgIpc) is 2.73. The molecule has 0 spiro atoms. The first-order valence-electron chi connectivity index (χ1n) is 10.8. The first-order chi connectivity index (χ1) is 14.2. The molecule has 0 radical (unpaired) electrons. The molecule has 1 aromatic rings. The number of amides is 1. The SMILES string of the molecule is CCOC(=O)C1CCCN(C(=O)C2CCN(S(=O)(=O)c3ccc(C)cc3C)CC2)C1. The van der Waals surface area contributed by atoms with Gasteiger partial charge in [0.2, 0.25) is 15.9 Å². The number of esters is 1. The van der Waals surface area contributed by atoms with Crippen LogP contribution >= 0.6 is 0 Å². The summed E-state index contributed by atoms with van der Waals surface area (Å²) in [5.74, 6) is -0.652. The number of hydrogen-bond donors (Lipinski definition) is 0. The largest absolute Gasteiger partial charge is 0.466 e. The molecule has 0 N–H and O–H groups in total. The van der Waals surface area contributed by atoms with Gasteiger partial charge in [0.25, 0.3) is 0 Å². The fourth-order valence-electron chi connectivity index (χ4n) is 4.46. The van der Waals surface area contributed by atoms with Crippen molar-refractivity contribution in [1.29, 1.82) is 0 Å². The maximum Gasteiger partial charge on any atom is 0.310 e. The zero-order valence-electron chi connectivity index (χ0n) is 18.1. The highest BCUT2D eigenvalue weighted by atomic mass is 32.2. The molecule has 3 rings (SSSR count). The summed E-state index contributed by atoms with van der Waals surface area (Å²) in [4.78, 5) is 27.2. The molecule has 2 aliphatic rings. The van der Waals surface area contributed by atoms with Crippen LogP contribution in [-0.4, -0.2) is 62.3 Å². The van der Waals surface area contributed by atoms with Crippen LogP contribution in [-0.2, 0) is 24.3 Å². The van der Waals surface area contributed by atoms with Crippen molar-refractivity contribution in [3.05, 3.63) is 29.3 Å². The molecule has 2 aliphatic heterocycles. The van der Waals surface area contributed by atoms with E-state index in [0.29, 0.717) is 50.5 Å². The molecule has 2 fully saturated rings. The van der Waals surface area contributed by atoms with Crippen molar-refractivity contribution in [1.82, 2.24) is 9.21 Å². The van der Waals surface area contributed by atoms with Crippen LogP contribution in [0.5, 0.6) is 0 Å². The summed E-state index contributed by atoms with van der Waals surface area (Å²) >= 11 is 0. The number of benzene rings is 1. The molecule has 1 amide bonds. The van der Waals surface area contributed by atoms with Gasteiger partial charge in [0, 0.05) is 32.1 Å². The number of carbonyl (C=O) groups excluding carboxylic acids is 2. The van der Waals surface area contributed by atoms with Gasteiger partial charge in [-0.1, -0.05) is 17.7 Å². The predicted molar refractivity (Wildman–Crippen MR) is 113 cm³/mol. The van der Waals surface area contributed by atoms with E-state index in [9.17, 15) is 18.0 Å². The molecule has 7 nitrogen and oxygen atoms in total. The Labute approximate surface area is 179 Å². The van der Waals surface area contributed by atoms with E-state index in [1.165, 1.54) is 4.31 Å². The molecular formula is C22H32N2O5S. The first-order valence-corrected chi connectivity index (χ1v) is 12.2. The lowest BCUT2D eigenvalue weighted by Crippen LogP contribution is -2.48. The van der Waals surface area contributed by atoms with Gasteiger partial charge in [-0.2, -0.15) is 4.31 Å². The maximum absolute atomic E-state index is 13.1. The molecule has 1 aromatic carbocycles. The highest BCUT2D eigenvalue weighted by molar-refractivity contribution is 7.89. The average molecular weight is 437 g/mol. The van der Waals surface area contributed by atoms with Crippen molar-refractivity contribution in [2.45, 2.75) is 51.3 Å². The van der Waals surface area contributed by atoms with Gasteiger partial charge in [-0.25, -0.2) is 8.42 Å². The second kappa shape index (κ2) is 9.47. The summed E-state index contributed by atoms with van der Waals surface area (Å²) in [5.41, 5.74) is 1.77. The van der Waals surface area contributed by atoms with E-state index >= 15 is 0 Å². The van der Waals surface area contributed by atoms with E-state index < -0.39 is 10.0 Å². The van der Waals surface area contributed by atoms with Crippen LogP contribution in [0, 0.1) is 25.7 Å². The second-order valence-corrected chi connectivity index (χ2v) is 10.2. The van der Waals surface area contributed by atoms with Gasteiger partial charge in [0.15, 0.2) is 0 Å². The van der Waals surface area contributed by atoms with Gasteiger partial charge in [0.05, 0.1) is 17.4 Å². The summed E-state index contributed by atoms with van der Waals surface area (Å²) in [6.07, 6.45) is 2.54. The molecule has 0 aliphatic carbocycles. The molecular weight excluding hydrogens is 404 g/mol. The standard InChI is InChI=1S/C22H32N2O5S/c1-4-29-22(26)19-6-5-11-23(15-19)21(25)18-9-12-24(13-10-18)30(27,28)20-8-7-16(2)14-17(20)3/h7-8,14,18-19H,4-6,9-13,15H2,1-3H3. The van der Waals surface area contributed by atoms with Gasteiger partial charge in [-0.3, -0.25) is 9.59 Å². The van der Waals surface area contributed by atoms with E-state index in [1.807, 2.05) is 26.0 Å². The number of sulfonamides is 1. The number of piperidine rings is 2. The molecule has 0 saturated carbocycles. The van der Waals surface area contributed by atoms with E-state index in [-0.39, 0.29) is 23.7 Å². The Morgan fingerprint density at radius 2 is 1.77 bits per heavy atom. The number of likely N-dealkylation sites (tertiary alicyclic amines) is 1. The molecule has 2 saturated heterocycles. The second-order valence-electron chi connectivity index (χ2n) is 8.32. The lowest BCUT2D eigenvalue weighted by molar-refractivity contribution is -0.152. The topological polar surface area (TPSA) is 84.0 Å². The molecule has 1 atom stereocenters. The third-order valence-corrected chi connectivity index (χ3v) is 8.16. The minimum Gasteiger partial charge on any atom is -0.466 e. The maximum atomic E-state index is 13.1. The van der Waals surface area contributed by atoms with Crippen LogP contribution in [0.15, 0.2) is 23.1 Å². The molecule has 1 unspecified atom stereocenters. The van der Waals surface area contributed by atoms with Crippen LogP contribution in [0.25, 0.3) is 0 Å². The third-order valence-electron chi connectivity index (χ3n) is 6.10. The fraction of sp³-hybridized carbons (Fsp3) is 0.636. The normalized spacial score (nSPS) is 21.4. The summed E-state index contributed by atoms with van der Waals surface area (Å²) in [6.45, 7) is 7.59. The zero-order valence-corrected chi connectivity index (χ0v) is 18.9. The number of carbonyl (C=O) groups is 2. The molecule has 166 valence electrons. The highest BCUT2D eigenvalue weighted by Gasteiger charge is 2.36. The summed E-state index contributed by atoms with van der Waals surface area (Å²) < 4.78 is 32.7. The van der Waals surface area contributed by atoms with Crippen LogP contribution in [0.2, 0.25) is 0 Å². The van der Waals surface area contributed by atoms with Crippen LogP contribution in [0.1, 0.15) is 43.7 Å². The predicted octanol–water partition coefficient (Wildman–Crippen LogP) is 2.51. The van der Waals surface area contributed by atoms with Crippen molar-refractivity contribution >= 4 is 21.9 Å². The number of nitrogens with zero attached hydrogens (tertiary/aromatic N) is 2. The Balaban J connectivity index is 1.61. The first kappa shape index (κ1) is 22.7. The number of rotatable bonds is 5. The third kappa shape index (κ3) is 4.86. The van der Waals surface area contributed by atoms with E-state index in [0.717, 1.165) is 24.0 Å². The van der Waals surface area contributed by atoms with Gasteiger partial charge in [-0.05, 0) is 58.1 Å². The lowest BCUT2D eigenvalue weighted by atomic mass is 9.93. The lowest BCUT2D eigenvalue weighted by Gasteiger charge is -2.37. The van der Waals surface area contributed by atoms with Gasteiger partial charge < -0.3 is 9.64 Å². The van der Waals surface area contributed by atoms with Crippen molar-refractivity contribution in [2.75, 3.05) is 32.8 Å². The summed E-state index contributed by atoms with van der Waals surface area (Å²) in [5, 5.41) is 0. The molecule has 30 heavy (non-hydrogen) atoms. The van der Waals surface area contributed by atoms with Crippen molar-refractivity contribution < 1.29 is 22.7 Å². The number of aryl methyl sites for hydroxylation is 2.